The molecule has 4 rings (SSSR count). The van der Waals surface area contributed by atoms with Crippen molar-refractivity contribution in [1.29, 1.82) is 0 Å². The predicted molar refractivity (Wildman–Crippen MR) is 118 cm³/mol. The third-order valence-corrected chi connectivity index (χ3v) is 8.10. The number of carbonyl (C=O) groups is 1. The molecule has 1 saturated heterocycles. The Balaban J connectivity index is 1.50. The molecule has 0 radical (unpaired) electrons. The second-order valence-corrected chi connectivity index (χ2v) is 10.1. The Morgan fingerprint density at radius 2 is 1.90 bits per heavy atom. The molecule has 1 aromatic heterocycles. The van der Waals surface area contributed by atoms with E-state index in [-0.39, 0.29) is 12.5 Å². The highest BCUT2D eigenvalue weighted by Gasteiger charge is 2.70. The van der Waals surface area contributed by atoms with Gasteiger partial charge in [-0.1, -0.05) is 48.9 Å². The van der Waals surface area contributed by atoms with Crippen LogP contribution in [0.15, 0.2) is 48.7 Å². The lowest BCUT2D eigenvalue weighted by Crippen LogP contribution is -2.52. The highest BCUT2D eigenvalue weighted by molar-refractivity contribution is 7.87. The Morgan fingerprint density at radius 3 is 2.55 bits per heavy atom. The molecule has 10 heteroatoms. The van der Waals surface area contributed by atoms with Gasteiger partial charge in [0.05, 0.1) is 5.02 Å². The monoisotopic (exact) mass is 464 g/mol. The van der Waals surface area contributed by atoms with Crippen molar-refractivity contribution in [3.63, 3.8) is 0 Å². The summed E-state index contributed by atoms with van der Waals surface area (Å²) in [7, 11) is -4.00. The van der Waals surface area contributed by atoms with Gasteiger partial charge in [-0.3, -0.25) is 4.79 Å². The van der Waals surface area contributed by atoms with Gasteiger partial charge in [0.15, 0.2) is 0 Å². The van der Waals surface area contributed by atoms with Gasteiger partial charge >= 0.3 is 5.97 Å². The van der Waals surface area contributed by atoms with Crippen molar-refractivity contribution in [1.82, 2.24) is 14.0 Å². The molecule has 2 heterocycles. The topological polar surface area (TPSA) is 103 Å². The van der Waals surface area contributed by atoms with E-state index in [1.54, 1.807) is 25.3 Å². The first-order chi connectivity index (χ1) is 14.8. The molecule has 0 bridgehead atoms. The Bertz CT molecular complexity index is 1050. The minimum Gasteiger partial charge on any atom is -0.480 e. The SMILES string of the molecule is C[C@@H]1[C@H](c2ccccc2)[C@]1(NS(=O)(=O)N1CCCN(c2ccc(Cl)cn2)CC1)C(=O)O. The number of carboxylic acid groups (broad SMARTS) is 1. The smallest absolute Gasteiger partial charge is 0.325 e. The van der Waals surface area contributed by atoms with Crippen LogP contribution in [0.4, 0.5) is 5.82 Å². The number of nitrogens with zero attached hydrogens (tertiary/aromatic N) is 3. The van der Waals surface area contributed by atoms with Gasteiger partial charge in [0.25, 0.3) is 10.2 Å². The summed E-state index contributed by atoms with van der Waals surface area (Å²) < 4.78 is 30.3. The summed E-state index contributed by atoms with van der Waals surface area (Å²) in [5.41, 5.74) is -0.722. The lowest BCUT2D eigenvalue weighted by molar-refractivity contribution is -0.140. The van der Waals surface area contributed by atoms with Crippen LogP contribution in [-0.4, -0.2) is 60.5 Å². The second-order valence-electron chi connectivity index (χ2n) is 8.03. The van der Waals surface area contributed by atoms with Crippen LogP contribution in [0, 0.1) is 5.92 Å². The fraction of sp³-hybridized carbons (Fsp3) is 0.429. The van der Waals surface area contributed by atoms with Crippen molar-refractivity contribution >= 4 is 33.6 Å². The van der Waals surface area contributed by atoms with E-state index in [4.69, 9.17) is 11.6 Å². The van der Waals surface area contributed by atoms with Crippen LogP contribution in [-0.2, 0) is 15.0 Å². The molecular formula is C21H25ClN4O4S. The van der Waals surface area contributed by atoms with Gasteiger partial charge in [0.1, 0.15) is 11.4 Å². The lowest BCUT2D eigenvalue weighted by Gasteiger charge is -2.25. The number of benzene rings is 1. The normalized spacial score (nSPS) is 27.0. The van der Waals surface area contributed by atoms with Crippen LogP contribution < -0.4 is 9.62 Å². The quantitative estimate of drug-likeness (QED) is 0.680. The average molecular weight is 465 g/mol. The maximum Gasteiger partial charge on any atom is 0.325 e. The van der Waals surface area contributed by atoms with E-state index in [9.17, 15) is 18.3 Å². The summed E-state index contributed by atoms with van der Waals surface area (Å²) >= 11 is 5.90. The number of hydrogen-bond donors (Lipinski definition) is 2. The number of pyridine rings is 1. The average Bonchev–Trinajstić information content (AvgIpc) is 3.41. The van der Waals surface area contributed by atoms with Crippen molar-refractivity contribution in [2.45, 2.75) is 24.8 Å². The van der Waals surface area contributed by atoms with Crippen LogP contribution in [0.5, 0.6) is 0 Å². The van der Waals surface area contributed by atoms with Crippen LogP contribution in [0.2, 0.25) is 5.02 Å². The summed E-state index contributed by atoms with van der Waals surface area (Å²) in [4.78, 5) is 18.5. The van der Waals surface area contributed by atoms with Crippen molar-refractivity contribution < 1.29 is 18.3 Å². The number of anilines is 1. The van der Waals surface area contributed by atoms with Gasteiger partial charge in [-0.25, -0.2) is 4.98 Å². The molecule has 166 valence electrons. The zero-order valence-corrected chi connectivity index (χ0v) is 18.7. The summed E-state index contributed by atoms with van der Waals surface area (Å²) in [5.74, 6) is -1.19. The van der Waals surface area contributed by atoms with Crippen LogP contribution in [0.1, 0.15) is 24.8 Å². The van der Waals surface area contributed by atoms with Gasteiger partial charge in [-0.05, 0) is 30.0 Å². The maximum absolute atomic E-state index is 13.2. The number of hydrogen-bond acceptors (Lipinski definition) is 5. The van der Waals surface area contributed by atoms with Crippen LogP contribution in [0.3, 0.4) is 0 Å². The highest BCUT2D eigenvalue weighted by atomic mass is 35.5. The fourth-order valence-electron chi connectivity index (χ4n) is 4.50. The first-order valence-corrected chi connectivity index (χ1v) is 12.0. The zero-order chi connectivity index (χ0) is 22.2. The van der Waals surface area contributed by atoms with E-state index < -0.39 is 27.6 Å². The van der Waals surface area contributed by atoms with E-state index in [1.807, 2.05) is 35.2 Å². The molecule has 2 N–H and O–H groups in total. The van der Waals surface area contributed by atoms with Gasteiger partial charge in [0.2, 0.25) is 0 Å². The van der Waals surface area contributed by atoms with E-state index >= 15 is 0 Å². The Labute approximate surface area is 187 Å². The van der Waals surface area contributed by atoms with Gasteiger partial charge in [-0.15, -0.1) is 0 Å². The molecule has 3 atom stereocenters. The highest BCUT2D eigenvalue weighted by Crippen LogP contribution is 2.57. The summed E-state index contributed by atoms with van der Waals surface area (Å²) in [5, 5.41) is 10.5. The second kappa shape index (κ2) is 8.38. The number of halogens is 1. The molecule has 0 unspecified atom stereocenters. The van der Waals surface area contributed by atoms with E-state index in [0.717, 1.165) is 11.4 Å². The fourth-order valence-corrected chi connectivity index (χ4v) is 6.26. The number of nitrogens with one attached hydrogen (secondary N) is 1. The Morgan fingerprint density at radius 1 is 1.16 bits per heavy atom. The molecule has 1 aliphatic carbocycles. The third kappa shape index (κ3) is 4.15. The molecule has 1 saturated carbocycles. The number of aliphatic carboxylic acids is 1. The first kappa shape index (κ1) is 22.0. The molecule has 2 aromatic rings. The Hall–Kier alpha value is -2.20. The van der Waals surface area contributed by atoms with Crippen molar-refractivity contribution in [3.05, 3.63) is 59.2 Å². The molecule has 1 aliphatic heterocycles. The largest absolute Gasteiger partial charge is 0.480 e. The van der Waals surface area contributed by atoms with Gasteiger partial charge in [0, 0.05) is 38.3 Å². The molecule has 0 spiro atoms. The van der Waals surface area contributed by atoms with Crippen molar-refractivity contribution in [2.75, 3.05) is 31.1 Å². The van der Waals surface area contributed by atoms with Crippen molar-refractivity contribution in [3.8, 4) is 0 Å². The van der Waals surface area contributed by atoms with E-state index in [2.05, 4.69) is 9.71 Å². The van der Waals surface area contributed by atoms with Crippen LogP contribution >= 0.6 is 11.6 Å². The van der Waals surface area contributed by atoms with E-state index in [0.29, 0.717) is 31.1 Å². The minimum atomic E-state index is -4.00. The molecule has 2 aliphatic rings. The number of carboxylic acids is 1. The van der Waals surface area contributed by atoms with Gasteiger partial charge in [-0.2, -0.15) is 17.4 Å². The summed E-state index contributed by atoms with van der Waals surface area (Å²) in [6.07, 6.45) is 2.16. The molecule has 2 fully saturated rings. The third-order valence-electron chi connectivity index (χ3n) is 6.24. The summed E-state index contributed by atoms with van der Waals surface area (Å²) in [6.45, 7) is 3.41. The van der Waals surface area contributed by atoms with Crippen molar-refractivity contribution in [2.24, 2.45) is 5.92 Å². The van der Waals surface area contributed by atoms with Crippen LogP contribution in [0.25, 0.3) is 0 Å². The standard InChI is InChI=1S/C21H25ClN4O4S/c1-15-19(16-6-3-2-4-7-16)21(15,20(27)28)24-31(29,30)26-11-5-10-25(12-13-26)18-9-8-17(22)14-23-18/h2-4,6-9,14-15,19,24H,5,10-13H2,1H3,(H,27,28)/t15-,19-,21+/m1/s1. The predicted octanol–water partition coefficient (Wildman–Crippen LogP) is 2.34. The lowest BCUT2D eigenvalue weighted by atomic mass is 10.1. The minimum absolute atomic E-state index is 0.236. The molecule has 8 nitrogen and oxygen atoms in total. The molecule has 31 heavy (non-hydrogen) atoms. The molecule has 0 amide bonds. The maximum atomic E-state index is 13.2. The Kier molecular flexibility index (Phi) is 5.95. The van der Waals surface area contributed by atoms with E-state index in [1.165, 1.54) is 4.31 Å². The first-order valence-electron chi connectivity index (χ1n) is 10.2. The number of rotatable bonds is 6. The zero-order valence-electron chi connectivity index (χ0n) is 17.1. The molecule has 1 aromatic carbocycles. The molecular weight excluding hydrogens is 440 g/mol. The van der Waals surface area contributed by atoms with Gasteiger partial charge < -0.3 is 10.0 Å². The number of aromatic nitrogens is 1. The summed E-state index contributed by atoms with van der Waals surface area (Å²) in [6, 6.07) is 12.7.